The van der Waals surface area contributed by atoms with Gasteiger partial charge >= 0.3 is 0 Å². The lowest BCUT2D eigenvalue weighted by molar-refractivity contribution is 0.593. The fraction of sp³-hybridized carbons (Fsp3) is 0. The maximum absolute atomic E-state index is 13.5. The van der Waals surface area contributed by atoms with Crippen LogP contribution in [0.2, 0.25) is 0 Å². The quantitative estimate of drug-likeness (QED) is 0.564. The first-order valence-electron chi connectivity index (χ1n) is 4.58. The second kappa shape index (κ2) is 3.58. The van der Waals surface area contributed by atoms with Crippen LogP contribution in [0.15, 0.2) is 62.0 Å². The fourth-order valence-electron chi connectivity index (χ4n) is 1.52. The van der Waals surface area contributed by atoms with Gasteiger partial charge in [-0.3, -0.25) is 0 Å². The Morgan fingerprint density at radius 1 is 0.733 bits per heavy atom. The van der Waals surface area contributed by atoms with Crippen molar-refractivity contribution in [2.45, 2.75) is 19.6 Å². The number of fused-ring (bicyclic) bond motifs is 2. The van der Waals surface area contributed by atoms with E-state index in [1.54, 1.807) is 17.8 Å². The molecule has 2 aromatic rings. The van der Waals surface area contributed by atoms with E-state index in [2.05, 4.69) is 6.07 Å². The van der Waals surface area contributed by atoms with E-state index in [-0.39, 0.29) is 5.82 Å². The van der Waals surface area contributed by atoms with E-state index >= 15 is 0 Å². The van der Waals surface area contributed by atoms with Crippen LogP contribution in [-0.4, -0.2) is 0 Å². The van der Waals surface area contributed by atoms with Crippen LogP contribution in [0.3, 0.4) is 0 Å². The summed E-state index contributed by atoms with van der Waals surface area (Å²) < 4.78 is 13.5. The lowest BCUT2D eigenvalue weighted by Crippen LogP contribution is -1.91. The zero-order chi connectivity index (χ0) is 10.3. The maximum Gasteiger partial charge on any atom is 0.138 e. The van der Waals surface area contributed by atoms with Crippen LogP contribution in [0.5, 0.6) is 0 Å². The van der Waals surface area contributed by atoms with Crippen molar-refractivity contribution < 1.29 is 4.39 Å². The van der Waals surface area contributed by atoms with Crippen LogP contribution in [0.1, 0.15) is 0 Å². The average Bonchev–Trinajstić information content (AvgIpc) is 2.27. The van der Waals surface area contributed by atoms with Crippen molar-refractivity contribution in [3.63, 3.8) is 0 Å². The molecule has 0 atom stereocenters. The van der Waals surface area contributed by atoms with Gasteiger partial charge in [0.05, 0.1) is 4.90 Å². The van der Waals surface area contributed by atoms with Gasteiger partial charge in [0, 0.05) is 14.7 Å². The molecule has 1 aliphatic heterocycles. The highest BCUT2D eigenvalue weighted by atomic mass is 32.2. The van der Waals surface area contributed by atoms with Gasteiger partial charge in [0.15, 0.2) is 0 Å². The standard InChI is InChI=1S/C12H7FS2/c13-8-4-3-7-11-12(8)15-10-6-2-1-5-9(10)14-11/h1-7H. The molecule has 3 rings (SSSR count). The van der Waals surface area contributed by atoms with Crippen LogP contribution < -0.4 is 0 Å². The maximum atomic E-state index is 13.5. The zero-order valence-electron chi connectivity index (χ0n) is 7.74. The summed E-state index contributed by atoms with van der Waals surface area (Å²) in [6.45, 7) is 0. The third-order valence-electron chi connectivity index (χ3n) is 2.21. The summed E-state index contributed by atoms with van der Waals surface area (Å²) >= 11 is 3.15. The predicted octanol–water partition coefficient (Wildman–Crippen LogP) is 4.44. The minimum absolute atomic E-state index is 0.125. The molecule has 0 spiro atoms. The summed E-state index contributed by atoms with van der Waals surface area (Å²) in [5.41, 5.74) is 0. The number of hydrogen-bond donors (Lipinski definition) is 0. The van der Waals surface area contributed by atoms with Gasteiger partial charge < -0.3 is 0 Å². The summed E-state index contributed by atoms with van der Waals surface area (Å²) in [6.07, 6.45) is 0. The topological polar surface area (TPSA) is 0 Å². The van der Waals surface area contributed by atoms with Gasteiger partial charge in [0.25, 0.3) is 0 Å². The molecule has 1 heterocycles. The van der Waals surface area contributed by atoms with E-state index in [0.717, 1.165) is 14.7 Å². The number of rotatable bonds is 0. The van der Waals surface area contributed by atoms with Gasteiger partial charge in [-0.05, 0) is 24.3 Å². The first-order valence-corrected chi connectivity index (χ1v) is 6.21. The van der Waals surface area contributed by atoms with E-state index in [9.17, 15) is 4.39 Å². The molecule has 0 fully saturated rings. The average molecular weight is 234 g/mol. The minimum atomic E-state index is -0.125. The molecular weight excluding hydrogens is 227 g/mol. The molecule has 2 aromatic carbocycles. The molecule has 1 aliphatic rings. The molecule has 3 heteroatoms. The SMILES string of the molecule is Fc1cccc2c1Sc1ccccc1S2. The van der Waals surface area contributed by atoms with Crippen molar-refractivity contribution in [1.82, 2.24) is 0 Å². The molecule has 0 radical (unpaired) electrons. The van der Waals surface area contributed by atoms with Gasteiger partial charge in [0.1, 0.15) is 5.82 Å². The van der Waals surface area contributed by atoms with E-state index in [1.807, 2.05) is 24.3 Å². The fourth-order valence-corrected chi connectivity index (χ4v) is 3.77. The highest BCUT2D eigenvalue weighted by Gasteiger charge is 2.18. The number of benzene rings is 2. The predicted molar refractivity (Wildman–Crippen MR) is 61.1 cm³/mol. The van der Waals surface area contributed by atoms with Gasteiger partial charge in [-0.2, -0.15) is 0 Å². The Balaban J connectivity index is 2.15. The summed E-state index contributed by atoms with van der Waals surface area (Å²) in [7, 11) is 0. The summed E-state index contributed by atoms with van der Waals surface area (Å²) in [4.78, 5) is 4.11. The Hall–Kier alpha value is -0.930. The van der Waals surface area contributed by atoms with Crippen LogP contribution in [0.4, 0.5) is 4.39 Å². The highest BCUT2D eigenvalue weighted by molar-refractivity contribution is 8.05. The van der Waals surface area contributed by atoms with E-state index < -0.39 is 0 Å². The van der Waals surface area contributed by atoms with Crippen molar-refractivity contribution in [3.05, 3.63) is 48.3 Å². The summed E-state index contributed by atoms with van der Waals surface area (Å²) in [5.74, 6) is -0.125. The molecule has 15 heavy (non-hydrogen) atoms. The highest BCUT2D eigenvalue weighted by Crippen LogP contribution is 2.48. The van der Waals surface area contributed by atoms with E-state index in [1.165, 1.54) is 22.7 Å². The second-order valence-electron chi connectivity index (χ2n) is 3.22. The van der Waals surface area contributed by atoms with Gasteiger partial charge in [-0.1, -0.05) is 41.7 Å². The first-order chi connectivity index (χ1) is 7.34. The molecule has 0 saturated heterocycles. The van der Waals surface area contributed by atoms with Gasteiger partial charge in [0.2, 0.25) is 0 Å². The van der Waals surface area contributed by atoms with Crippen molar-refractivity contribution in [2.24, 2.45) is 0 Å². The van der Waals surface area contributed by atoms with Crippen molar-refractivity contribution in [1.29, 1.82) is 0 Å². The molecule has 0 aliphatic carbocycles. The molecule has 0 nitrogen and oxygen atoms in total. The Labute approximate surface area is 95.9 Å². The number of halogens is 1. The lowest BCUT2D eigenvalue weighted by atomic mass is 10.3. The molecule has 0 amide bonds. The molecular formula is C12H7FS2. The Bertz CT molecular complexity index is 523. The second-order valence-corrected chi connectivity index (χ2v) is 5.35. The molecule has 74 valence electrons. The van der Waals surface area contributed by atoms with Crippen molar-refractivity contribution in [2.75, 3.05) is 0 Å². The monoisotopic (exact) mass is 234 g/mol. The van der Waals surface area contributed by atoms with Crippen LogP contribution in [0.25, 0.3) is 0 Å². The summed E-state index contributed by atoms with van der Waals surface area (Å²) in [6, 6.07) is 13.3. The van der Waals surface area contributed by atoms with Crippen LogP contribution in [0, 0.1) is 5.82 Å². The zero-order valence-corrected chi connectivity index (χ0v) is 9.37. The van der Waals surface area contributed by atoms with Gasteiger partial charge in [-0.15, -0.1) is 0 Å². The van der Waals surface area contributed by atoms with Crippen LogP contribution in [-0.2, 0) is 0 Å². The van der Waals surface area contributed by atoms with Crippen molar-refractivity contribution in [3.8, 4) is 0 Å². The van der Waals surface area contributed by atoms with Gasteiger partial charge in [-0.25, -0.2) is 4.39 Å². The molecule has 0 N–H and O–H groups in total. The molecule has 0 aromatic heterocycles. The smallest absolute Gasteiger partial charge is 0.138 e. The molecule has 0 unspecified atom stereocenters. The van der Waals surface area contributed by atoms with Crippen LogP contribution >= 0.6 is 23.5 Å². The number of hydrogen-bond acceptors (Lipinski definition) is 2. The minimum Gasteiger partial charge on any atom is -0.206 e. The van der Waals surface area contributed by atoms with E-state index in [0.29, 0.717) is 0 Å². The summed E-state index contributed by atoms with van der Waals surface area (Å²) in [5, 5.41) is 0. The normalized spacial score (nSPS) is 13.1. The Kier molecular flexibility index (Phi) is 2.22. The molecule has 0 bridgehead atoms. The first kappa shape index (κ1) is 9.31. The largest absolute Gasteiger partial charge is 0.206 e. The third-order valence-corrected chi connectivity index (χ3v) is 4.80. The Morgan fingerprint density at radius 3 is 2.20 bits per heavy atom. The molecule has 0 saturated carbocycles. The lowest BCUT2D eigenvalue weighted by Gasteiger charge is -2.17. The van der Waals surface area contributed by atoms with E-state index in [4.69, 9.17) is 0 Å². The third kappa shape index (κ3) is 1.56. The Morgan fingerprint density at radius 2 is 1.40 bits per heavy atom. The van der Waals surface area contributed by atoms with Crippen molar-refractivity contribution >= 4 is 23.5 Å².